The molecule has 9 nitrogen and oxygen atoms in total. The van der Waals surface area contributed by atoms with Crippen LogP contribution in [0.15, 0.2) is 67.1 Å². The van der Waals surface area contributed by atoms with Gasteiger partial charge in [0.2, 0.25) is 5.88 Å². The van der Waals surface area contributed by atoms with Crippen LogP contribution in [0.2, 0.25) is 0 Å². The van der Waals surface area contributed by atoms with Crippen molar-refractivity contribution in [3.05, 3.63) is 84.1 Å². The van der Waals surface area contributed by atoms with Gasteiger partial charge in [-0.2, -0.15) is 28.7 Å². The lowest BCUT2D eigenvalue weighted by molar-refractivity contribution is 0.0526. The van der Waals surface area contributed by atoms with Crippen molar-refractivity contribution in [3.63, 3.8) is 0 Å². The van der Waals surface area contributed by atoms with E-state index >= 15 is 0 Å². The fourth-order valence-electron chi connectivity index (χ4n) is 3.99. The molecule has 0 saturated carbocycles. The molecule has 11 heteroatoms. The number of halogens is 1. The first-order valence-corrected chi connectivity index (χ1v) is 11.4. The highest BCUT2D eigenvalue weighted by Crippen LogP contribution is 2.30. The van der Waals surface area contributed by atoms with E-state index < -0.39 is 5.97 Å². The van der Waals surface area contributed by atoms with Crippen LogP contribution >= 0.6 is 13.5 Å². The molecule has 2 aromatic carbocycles. The molecule has 5 aromatic rings. The zero-order valence-electron chi connectivity index (χ0n) is 20.4. The molecule has 0 radical (unpaired) electrons. The Morgan fingerprint density at radius 3 is 2.51 bits per heavy atom. The third-order valence-corrected chi connectivity index (χ3v) is 5.84. The summed E-state index contributed by atoms with van der Waals surface area (Å²) in [6.07, 6.45) is 4.53. The summed E-state index contributed by atoms with van der Waals surface area (Å²) in [4.78, 5) is 21.0. The van der Waals surface area contributed by atoms with Gasteiger partial charge in [-0.3, -0.25) is 4.68 Å². The van der Waals surface area contributed by atoms with Gasteiger partial charge in [0.05, 0.1) is 37.7 Å². The maximum atomic E-state index is 14.2. The average Bonchev–Trinajstić information content (AvgIpc) is 3.56. The van der Waals surface area contributed by atoms with E-state index in [0.717, 1.165) is 11.1 Å². The smallest absolute Gasteiger partial charge is 0.341 e. The molecule has 1 atom stereocenters. The fraction of sp³-hybridized carbons (Fsp3) is 0.192. The molecule has 0 unspecified atom stereocenters. The predicted molar refractivity (Wildman–Crippen MR) is 141 cm³/mol. The Morgan fingerprint density at radius 1 is 1.05 bits per heavy atom. The van der Waals surface area contributed by atoms with Gasteiger partial charge in [0.25, 0.3) is 5.95 Å². The van der Waals surface area contributed by atoms with Crippen LogP contribution in [0.4, 0.5) is 4.39 Å². The van der Waals surface area contributed by atoms with Crippen LogP contribution in [-0.2, 0) is 4.74 Å². The molecule has 190 valence electrons. The lowest BCUT2D eigenvalue weighted by atomic mass is 10.0. The third kappa shape index (κ3) is 4.90. The van der Waals surface area contributed by atoms with Crippen molar-refractivity contribution in [2.75, 3.05) is 13.7 Å². The van der Waals surface area contributed by atoms with E-state index in [2.05, 4.69) is 20.2 Å². The Bertz CT molecular complexity index is 1550. The molecule has 0 aliphatic heterocycles. The van der Waals surface area contributed by atoms with Gasteiger partial charge in [-0.05, 0) is 31.0 Å². The fourth-order valence-corrected chi connectivity index (χ4v) is 3.99. The summed E-state index contributed by atoms with van der Waals surface area (Å²) in [5.74, 6) is -0.188. The standard InChI is InChI=1S/C26H23FN6O3.H2S/c1-4-36-25(34)19-13-28-32(15-19)26-30-22-14-29-33(23(22)24(31-26)35-3)16(2)17-9-11-18(12-10-17)20-7-5-6-8-21(20)27;/h5-16H,4H2,1-3H3;1H2/t16-;/m0./s1. The largest absolute Gasteiger partial charge is 0.479 e. The zero-order chi connectivity index (χ0) is 25.2. The van der Waals surface area contributed by atoms with Crippen LogP contribution in [0.1, 0.15) is 35.8 Å². The number of esters is 1. The summed E-state index contributed by atoms with van der Waals surface area (Å²) in [6, 6.07) is 14.2. The van der Waals surface area contributed by atoms with E-state index in [9.17, 15) is 9.18 Å². The molecule has 0 spiro atoms. The normalized spacial score (nSPS) is 11.7. The first-order valence-electron chi connectivity index (χ1n) is 11.4. The number of ether oxygens (including phenoxy) is 2. The summed E-state index contributed by atoms with van der Waals surface area (Å²) in [5, 5.41) is 8.72. The first-order chi connectivity index (χ1) is 17.5. The van der Waals surface area contributed by atoms with Crippen LogP contribution in [-0.4, -0.2) is 49.2 Å². The zero-order valence-corrected chi connectivity index (χ0v) is 21.4. The number of hydrogen-bond donors (Lipinski definition) is 0. The Kier molecular flexibility index (Phi) is 7.53. The molecular formula is C26H25FN6O3S. The number of nitrogens with zero attached hydrogens (tertiary/aromatic N) is 6. The van der Waals surface area contributed by atoms with Crippen LogP contribution in [0, 0.1) is 5.82 Å². The molecule has 5 rings (SSSR count). The van der Waals surface area contributed by atoms with E-state index in [-0.39, 0.29) is 37.9 Å². The highest BCUT2D eigenvalue weighted by Gasteiger charge is 2.20. The van der Waals surface area contributed by atoms with E-state index in [1.54, 1.807) is 29.9 Å². The minimum absolute atomic E-state index is 0. The second kappa shape index (κ2) is 10.8. The topological polar surface area (TPSA) is 97.0 Å². The summed E-state index contributed by atoms with van der Waals surface area (Å²) >= 11 is 0. The van der Waals surface area contributed by atoms with Crippen molar-refractivity contribution < 1.29 is 18.7 Å². The minimum atomic E-state index is -0.473. The number of carbonyl (C=O) groups is 1. The number of rotatable bonds is 7. The maximum absolute atomic E-state index is 14.2. The number of methoxy groups -OCH3 is 1. The monoisotopic (exact) mass is 520 g/mol. The molecule has 0 aliphatic rings. The maximum Gasteiger partial charge on any atom is 0.341 e. The number of carbonyl (C=O) groups excluding carboxylic acids is 1. The summed E-state index contributed by atoms with van der Waals surface area (Å²) in [5.41, 5.74) is 3.78. The van der Waals surface area contributed by atoms with Crippen molar-refractivity contribution in [2.24, 2.45) is 0 Å². The second-order valence-corrected chi connectivity index (χ2v) is 8.03. The van der Waals surface area contributed by atoms with E-state index in [1.165, 1.54) is 30.3 Å². The molecule has 0 saturated heterocycles. The molecule has 3 aromatic heterocycles. The van der Waals surface area contributed by atoms with Crippen LogP contribution < -0.4 is 4.74 Å². The lowest BCUT2D eigenvalue weighted by Gasteiger charge is -2.16. The van der Waals surface area contributed by atoms with E-state index in [4.69, 9.17) is 9.47 Å². The lowest BCUT2D eigenvalue weighted by Crippen LogP contribution is -2.11. The van der Waals surface area contributed by atoms with Crippen molar-refractivity contribution in [3.8, 4) is 23.0 Å². The van der Waals surface area contributed by atoms with Crippen LogP contribution in [0.25, 0.3) is 28.1 Å². The van der Waals surface area contributed by atoms with Crippen molar-refractivity contribution in [2.45, 2.75) is 19.9 Å². The highest BCUT2D eigenvalue weighted by atomic mass is 32.1. The predicted octanol–water partition coefficient (Wildman–Crippen LogP) is 4.73. The van der Waals surface area contributed by atoms with Gasteiger partial charge in [-0.25, -0.2) is 18.9 Å². The van der Waals surface area contributed by atoms with Crippen molar-refractivity contribution >= 4 is 30.5 Å². The Labute approximate surface area is 219 Å². The third-order valence-electron chi connectivity index (χ3n) is 5.84. The quantitative estimate of drug-likeness (QED) is 0.286. The minimum Gasteiger partial charge on any atom is -0.479 e. The summed E-state index contributed by atoms with van der Waals surface area (Å²) in [6.45, 7) is 4.00. The molecule has 0 N–H and O–H groups in total. The van der Waals surface area contributed by atoms with Crippen molar-refractivity contribution in [1.29, 1.82) is 0 Å². The second-order valence-electron chi connectivity index (χ2n) is 8.03. The van der Waals surface area contributed by atoms with Gasteiger partial charge in [0.1, 0.15) is 16.9 Å². The van der Waals surface area contributed by atoms with Gasteiger partial charge in [-0.15, -0.1) is 0 Å². The van der Waals surface area contributed by atoms with E-state index in [0.29, 0.717) is 28.0 Å². The van der Waals surface area contributed by atoms with Gasteiger partial charge < -0.3 is 9.47 Å². The van der Waals surface area contributed by atoms with Gasteiger partial charge in [0, 0.05) is 11.8 Å². The Hall–Kier alpha value is -4.25. The van der Waals surface area contributed by atoms with Crippen LogP contribution in [0.3, 0.4) is 0 Å². The number of fused-ring (bicyclic) bond motifs is 1. The van der Waals surface area contributed by atoms with E-state index in [1.807, 2.05) is 37.3 Å². The number of benzene rings is 2. The molecular weight excluding hydrogens is 495 g/mol. The summed E-state index contributed by atoms with van der Waals surface area (Å²) in [7, 11) is 1.52. The number of hydrogen-bond acceptors (Lipinski definition) is 7. The molecule has 0 fully saturated rings. The van der Waals surface area contributed by atoms with Crippen molar-refractivity contribution in [1.82, 2.24) is 29.5 Å². The van der Waals surface area contributed by atoms with Crippen LogP contribution in [0.5, 0.6) is 5.88 Å². The SMILES string of the molecule is CCOC(=O)c1cnn(-c2nc(OC)c3c(cnn3[C@@H](C)c3ccc(-c4ccccc4F)cc3)n2)c1.S. The Morgan fingerprint density at radius 2 is 1.81 bits per heavy atom. The highest BCUT2D eigenvalue weighted by molar-refractivity contribution is 7.59. The van der Waals surface area contributed by atoms with Gasteiger partial charge >= 0.3 is 5.97 Å². The molecule has 0 amide bonds. The van der Waals surface area contributed by atoms with Gasteiger partial charge in [-0.1, -0.05) is 42.5 Å². The van der Waals surface area contributed by atoms with Gasteiger partial charge in [0.15, 0.2) is 0 Å². The average molecular weight is 521 g/mol. The Balaban J connectivity index is 0.00000320. The molecule has 3 heterocycles. The summed E-state index contributed by atoms with van der Waals surface area (Å²) < 4.78 is 27.9. The molecule has 37 heavy (non-hydrogen) atoms. The molecule has 0 aliphatic carbocycles. The number of aromatic nitrogens is 6. The molecule has 0 bridgehead atoms. The first kappa shape index (κ1) is 25.8.